The van der Waals surface area contributed by atoms with E-state index < -0.39 is 0 Å². The van der Waals surface area contributed by atoms with E-state index in [0.717, 1.165) is 5.25 Å². The van der Waals surface area contributed by atoms with Crippen LogP contribution in [0.5, 0.6) is 0 Å². The summed E-state index contributed by atoms with van der Waals surface area (Å²) in [6, 6.07) is 8.84. The van der Waals surface area contributed by atoms with E-state index in [-0.39, 0.29) is 0 Å². The highest BCUT2D eigenvalue weighted by atomic mass is 32.2. The molecule has 0 bridgehead atoms. The zero-order valence-corrected chi connectivity index (χ0v) is 11.7. The zero-order valence-electron chi connectivity index (χ0n) is 10.1. The van der Waals surface area contributed by atoms with Gasteiger partial charge in [-0.1, -0.05) is 18.6 Å². The molecule has 17 heavy (non-hydrogen) atoms. The van der Waals surface area contributed by atoms with Gasteiger partial charge in [0.05, 0.1) is 0 Å². The largest absolute Gasteiger partial charge is 0.302 e. The molecule has 2 aliphatic heterocycles. The second kappa shape index (κ2) is 5.68. The monoisotopic (exact) mass is 265 g/mol. The van der Waals surface area contributed by atoms with Crippen molar-refractivity contribution < 1.29 is 0 Å². The molecule has 0 aromatic heterocycles. The molecular formula is C14H19NS2. The van der Waals surface area contributed by atoms with E-state index in [1.807, 2.05) is 11.8 Å². The van der Waals surface area contributed by atoms with Crippen molar-refractivity contribution >= 4 is 23.5 Å². The van der Waals surface area contributed by atoms with Crippen molar-refractivity contribution in [3.63, 3.8) is 0 Å². The molecule has 0 N–H and O–H groups in total. The molecular weight excluding hydrogens is 246 g/mol. The lowest BCUT2D eigenvalue weighted by Crippen LogP contribution is -2.36. The Morgan fingerprint density at radius 2 is 1.82 bits per heavy atom. The molecule has 92 valence electrons. The lowest BCUT2D eigenvalue weighted by molar-refractivity contribution is 0.232. The van der Waals surface area contributed by atoms with Crippen molar-refractivity contribution in [1.29, 1.82) is 0 Å². The number of nitrogens with zero attached hydrogens (tertiary/aromatic N) is 1. The van der Waals surface area contributed by atoms with E-state index in [2.05, 4.69) is 40.9 Å². The van der Waals surface area contributed by atoms with Crippen LogP contribution in [-0.4, -0.2) is 35.5 Å². The average molecular weight is 265 g/mol. The summed E-state index contributed by atoms with van der Waals surface area (Å²) >= 11 is 4.13. The zero-order chi connectivity index (χ0) is 11.5. The van der Waals surface area contributed by atoms with Crippen molar-refractivity contribution in [1.82, 2.24) is 4.90 Å². The molecule has 0 spiro atoms. The number of piperidine rings is 1. The average Bonchev–Trinajstić information content (AvgIpc) is 2.40. The molecule has 0 aliphatic carbocycles. The molecule has 1 fully saturated rings. The van der Waals surface area contributed by atoms with E-state index in [0.29, 0.717) is 0 Å². The Labute approximate surface area is 112 Å². The van der Waals surface area contributed by atoms with Crippen molar-refractivity contribution in [2.75, 3.05) is 25.4 Å². The Morgan fingerprint density at radius 3 is 2.65 bits per heavy atom. The first kappa shape index (κ1) is 11.9. The van der Waals surface area contributed by atoms with Crippen LogP contribution in [0.25, 0.3) is 0 Å². The summed E-state index contributed by atoms with van der Waals surface area (Å²) in [7, 11) is 0. The Balaban J connectivity index is 1.60. The van der Waals surface area contributed by atoms with E-state index in [1.165, 1.54) is 54.4 Å². The lowest BCUT2D eigenvalue weighted by Gasteiger charge is -2.32. The third-order valence-corrected chi connectivity index (χ3v) is 6.31. The normalized spacial score (nSPS) is 25.5. The molecule has 1 aromatic rings. The number of likely N-dealkylation sites (tertiary alicyclic amines) is 1. The van der Waals surface area contributed by atoms with Gasteiger partial charge in [-0.2, -0.15) is 0 Å². The van der Waals surface area contributed by atoms with Crippen molar-refractivity contribution in [2.45, 2.75) is 34.3 Å². The van der Waals surface area contributed by atoms with Crippen LogP contribution in [0.2, 0.25) is 0 Å². The van der Waals surface area contributed by atoms with Crippen LogP contribution in [0, 0.1) is 0 Å². The quantitative estimate of drug-likeness (QED) is 0.802. The second-order valence-corrected chi connectivity index (χ2v) is 7.26. The van der Waals surface area contributed by atoms with Crippen LogP contribution in [0.4, 0.5) is 0 Å². The molecule has 1 unspecified atom stereocenters. The number of benzene rings is 1. The predicted molar refractivity (Wildman–Crippen MR) is 77.1 cm³/mol. The highest BCUT2D eigenvalue weighted by molar-refractivity contribution is 8.06. The maximum absolute atomic E-state index is 2.66. The van der Waals surface area contributed by atoms with Gasteiger partial charge in [0.2, 0.25) is 0 Å². The molecule has 2 aliphatic rings. The Morgan fingerprint density at radius 1 is 1.06 bits per heavy atom. The van der Waals surface area contributed by atoms with Crippen LogP contribution in [0.1, 0.15) is 19.3 Å². The minimum absolute atomic E-state index is 0.785. The topological polar surface area (TPSA) is 3.24 Å². The maximum Gasteiger partial charge on any atom is 0.0316 e. The summed E-state index contributed by atoms with van der Waals surface area (Å²) in [5.74, 6) is 1.28. The van der Waals surface area contributed by atoms with Gasteiger partial charge in [0.1, 0.15) is 0 Å². The van der Waals surface area contributed by atoms with Gasteiger partial charge in [-0.05, 0) is 38.1 Å². The van der Waals surface area contributed by atoms with Crippen molar-refractivity contribution in [2.24, 2.45) is 0 Å². The number of hydrogen-bond acceptors (Lipinski definition) is 3. The molecule has 0 amide bonds. The molecule has 0 radical (unpaired) electrons. The Bertz CT molecular complexity index is 374. The molecule has 1 aromatic carbocycles. The first-order valence-electron chi connectivity index (χ1n) is 6.53. The van der Waals surface area contributed by atoms with Gasteiger partial charge in [-0.15, -0.1) is 23.5 Å². The van der Waals surface area contributed by atoms with Crippen LogP contribution in [0.15, 0.2) is 34.1 Å². The van der Waals surface area contributed by atoms with Gasteiger partial charge in [0.15, 0.2) is 0 Å². The Hall–Kier alpha value is -0.120. The third-order valence-electron chi connectivity index (χ3n) is 3.48. The minimum Gasteiger partial charge on any atom is -0.302 e. The molecule has 1 nitrogen and oxygen atoms in total. The number of fused-ring (bicyclic) bond motifs is 1. The first-order valence-corrected chi connectivity index (χ1v) is 8.39. The van der Waals surface area contributed by atoms with Crippen LogP contribution >= 0.6 is 23.5 Å². The van der Waals surface area contributed by atoms with E-state index in [4.69, 9.17) is 0 Å². The van der Waals surface area contributed by atoms with E-state index >= 15 is 0 Å². The van der Waals surface area contributed by atoms with Gasteiger partial charge in [-0.25, -0.2) is 0 Å². The fourth-order valence-corrected chi connectivity index (χ4v) is 5.22. The minimum atomic E-state index is 0.785. The van der Waals surface area contributed by atoms with Gasteiger partial charge in [-0.3, -0.25) is 0 Å². The molecule has 0 saturated carbocycles. The fourth-order valence-electron chi connectivity index (χ4n) is 2.58. The maximum atomic E-state index is 2.66. The van der Waals surface area contributed by atoms with Crippen LogP contribution in [-0.2, 0) is 0 Å². The summed E-state index contributed by atoms with van der Waals surface area (Å²) in [6.45, 7) is 3.93. The number of rotatable bonds is 2. The predicted octanol–water partition coefficient (Wildman–Crippen LogP) is 3.74. The van der Waals surface area contributed by atoms with Crippen LogP contribution < -0.4 is 0 Å². The summed E-state index contributed by atoms with van der Waals surface area (Å²) in [5.41, 5.74) is 0. The van der Waals surface area contributed by atoms with E-state index in [9.17, 15) is 0 Å². The smallest absolute Gasteiger partial charge is 0.0316 e. The SMILES string of the molecule is c1ccc2c(c1)SCC(CN1CCCCC1)S2. The standard InChI is InChI=1S/C14H19NS2/c1-4-8-15(9-5-1)10-12-11-16-13-6-2-3-7-14(13)17-12/h2-3,6-7,12H,1,4-5,8-11H2. The second-order valence-electron chi connectivity index (χ2n) is 4.86. The highest BCUT2D eigenvalue weighted by Gasteiger charge is 2.22. The summed E-state index contributed by atoms with van der Waals surface area (Å²) in [5, 5.41) is 0.785. The van der Waals surface area contributed by atoms with Gasteiger partial charge in [0.25, 0.3) is 0 Å². The molecule has 1 saturated heterocycles. The van der Waals surface area contributed by atoms with Gasteiger partial charge < -0.3 is 4.90 Å². The molecule has 3 rings (SSSR count). The van der Waals surface area contributed by atoms with Crippen LogP contribution in [0.3, 0.4) is 0 Å². The third kappa shape index (κ3) is 3.01. The van der Waals surface area contributed by atoms with Gasteiger partial charge >= 0.3 is 0 Å². The Kier molecular flexibility index (Phi) is 3.99. The molecule has 2 heterocycles. The highest BCUT2D eigenvalue weighted by Crippen LogP contribution is 2.40. The summed E-state index contributed by atoms with van der Waals surface area (Å²) in [4.78, 5) is 5.63. The van der Waals surface area contributed by atoms with E-state index in [1.54, 1.807) is 0 Å². The summed E-state index contributed by atoms with van der Waals surface area (Å²) < 4.78 is 0. The fraction of sp³-hybridized carbons (Fsp3) is 0.571. The number of hydrogen-bond donors (Lipinski definition) is 0. The molecule has 1 atom stereocenters. The van der Waals surface area contributed by atoms with Crippen molar-refractivity contribution in [3.8, 4) is 0 Å². The van der Waals surface area contributed by atoms with Crippen molar-refractivity contribution in [3.05, 3.63) is 24.3 Å². The van der Waals surface area contributed by atoms with Gasteiger partial charge in [0, 0.05) is 27.3 Å². The number of thioether (sulfide) groups is 2. The summed E-state index contributed by atoms with van der Waals surface area (Å²) in [6.07, 6.45) is 4.24. The lowest BCUT2D eigenvalue weighted by atomic mass is 10.1. The molecule has 3 heteroatoms. The first-order chi connectivity index (χ1) is 8.42.